The number of thiocarbonyl (C=S) groups is 1. The first kappa shape index (κ1) is 11.9. The van der Waals surface area contributed by atoms with Crippen molar-refractivity contribution in [1.82, 2.24) is 15.2 Å². The second-order valence-corrected chi connectivity index (χ2v) is 4.68. The molecule has 2 heterocycles. The molecule has 0 aliphatic heterocycles. The maximum absolute atomic E-state index is 5.59. The van der Waals surface area contributed by atoms with E-state index in [-0.39, 0.29) is 0 Å². The molecule has 0 saturated heterocycles. The molecule has 0 radical (unpaired) electrons. The van der Waals surface area contributed by atoms with Crippen molar-refractivity contribution >= 4 is 34.4 Å². The fourth-order valence-corrected chi connectivity index (χ4v) is 2.11. The molecule has 0 bridgehead atoms. The lowest BCUT2D eigenvalue weighted by Crippen LogP contribution is -2.16. The minimum atomic E-state index is 0.316. The molecule has 0 unspecified atom stereocenters. The lowest BCUT2D eigenvalue weighted by molar-refractivity contribution is 0.955. The number of thiazole rings is 1. The fourth-order valence-electron chi connectivity index (χ4n) is 1.33. The highest BCUT2D eigenvalue weighted by Gasteiger charge is 2.06. The van der Waals surface area contributed by atoms with Crippen molar-refractivity contribution in [1.29, 1.82) is 0 Å². The molecule has 0 saturated carbocycles. The van der Waals surface area contributed by atoms with Gasteiger partial charge in [0.25, 0.3) is 0 Å². The number of anilines is 1. The first-order valence-electron chi connectivity index (χ1n) is 5.01. The van der Waals surface area contributed by atoms with Gasteiger partial charge in [-0.3, -0.25) is 0 Å². The Morgan fingerprint density at radius 3 is 3.06 bits per heavy atom. The minimum absolute atomic E-state index is 0.316. The van der Waals surface area contributed by atoms with Crippen molar-refractivity contribution in [2.75, 3.05) is 11.9 Å². The highest BCUT2D eigenvalue weighted by atomic mass is 32.1. The molecular weight excluding hydrogens is 254 g/mol. The minimum Gasteiger partial charge on any atom is -0.389 e. The van der Waals surface area contributed by atoms with Gasteiger partial charge in [-0.2, -0.15) is 5.10 Å². The Hall–Kier alpha value is -1.60. The van der Waals surface area contributed by atoms with E-state index in [1.807, 2.05) is 5.38 Å². The molecule has 0 spiro atoms. The largest absolute Gasteiger partial charge is 0.389 e. The fraction of sp³-hybridized carbons (Fsp3) is 0.200. The van der Waals surface area contributed by atoms with Crippen molar-refractivity contribution < 1.29 is 0 Å². The summed E-state index contributed by atoms with van der Waals surface area (Å²) in [4.78, 5) is 4.51. The van der Waals surface area contributed by atoms with Gasteiger partial charge in [0.1, 0.15) is 4.99 Å². The smallest absolute Gasteiger partial charge is 0.158 e. The molecule has 2 aromatic heterocycles. The van der Waals surface area contributed by atoms with Crippen LogP contribution in [0.2, 0.25) is 0 Å². The van der Waals surface area contributed by atoms with Gasteiger partial charge in [0.15, 0.2) is 5.82 Å². The maximum Gasteiger partial charge on any atom is 0.158 e. The molecule has 5 nitrogen and oxygen atoms in total. The number of nitrogens with one attached hydrogen (secondary N) is 1. The van der Waals surface area contributed by atoms with Crippen LogP contribution in [0.1, 0.15) is 10.6 Å². The molecule has 2 rings (SSSR count). The topological polar surface area (TPSA) is 76.7 Å². The number of hydrogen-bond donors (Lipinski definition) is 2. The lowest BCUT2D eigenvalue weighted by Gasteiger charge is -2.07. The van der Waals surface area contributed by atoms with E-state index in [1.54, 1.807) is 29.8 Å². The van der Waals surface area contributed by atoms with E-state index in [1.165, 1.54) is 0 Å². The van der Waals surface area contributed by atoms with Crippen LogP contribution in [0.15, 0.2) is 23.8 Å². The van der Waals surface area contributed by atoms with Gasteiger partial charge in [-0.1, -0.05) is 12.2 Å². The van der Waals surface area contributed by atoms with Crippen LogP contribution in [-0.4, -0.2) is 26.7 Å². The monoisotopic (exact) mass is 265 g/mol. The highest BCUT2D eigenvalue weighted by Crippen LogP contribution is 2.10. The summed E-state index contributed by atoms with van der Waals surface area (Å²) in [6.07, 6.45) is 4.20. The molecule has 7 heteroatoms. The van der Waals surface area contributed by atoms with Crippen LogP contribution in [-0.2, 0) is 6.42 Å². The van der Waals surface area contributed by atoms with E-state index in [9.17, 15) is 0 Å². The van der Waals surface area contributed by atoms with Gasteiger partial charge in [-0.15, -0.1) is 16.4 Å². The van der Waals surface area contributed by atoms with Crippen LogP contribution in [0.4, 0.5) is 5.82 Å². The third-order valence-corrected chi connectivity index (χ3v) is 3.16. The van der Waals surface area contributed by atoms with E-state index < -0.39 is 0 Å². The molecule has 0 fully saturated rings. The van der Waals surface area contributed by atoms with Gasteiger partial charge in [0.2, 0.25) is 0 Å². The molecule has 0 amide bonds. The highest BCUT2D eigenvalue weighted by molar-refractivity contribution is 7.80. The van der Waals surface area contributed by atoms with Crippen molar-refractivity contribution in [3.8, 4) is 0 Å². The van der Waals surface area contributed by atoms with E-state index in [0.29, 0.717) is 16.4 Å². The number of aromatic nitrogens is 3. The Bertz CT molecular complexity index is 497. The number of rotatable bonds is 5. The number of hydrogen-bond acceptors (Lipinski definition) is 6. The third kappa shape index (κ3) is 3.18. The SMILES string of the molecule is NC(=S)c1ccnnc1NCCc1nccs1. The lowest BCUT2D eigenvalue weighted by atomic mass is 10.3. The van der Waals surface area contributed by atoms with E-state index in [4.69, 9.17) is 18.0 Å². The summed E-state index contributed by atoms with van der Waals surface area (Å²) in [5.74, 6) is 0.622. The van der Waals surface area contributed by atoms with Crippen LogP contribution >= 0.6 is 23.6 Å². The van der Waals surface area contributed by atoms with Crippen LogP contribution in [0.5, 0.6) is 0 Å². The predicted octanol–water partition coefficient (Wildman–Crippen LogP) is 1.22. The van der Waals surface area contributed by atoms with Gasteiger partial charge in [0.05, 0.1) is 16.8 Å². The summed E-state index contributed by atoms with van der Waals surface area (Å²) in [6, 6.07) is 1.75. The summed E-state index contributed by atoms with van der Waals surface area (Å²) in [5, 5.41) is 14.0. The predicted molar refractivity (Wildman–Crippen MR) is 72.2 cm³/mol. The molecule has 0 aliphatic rings. The molecule has 0 atom stereocenters. The van der Waals surface area contributed by atoms with Crippen molar-refractivity contribution in [2.24, 2.45) is 5.73 Å². The molecule has 0 aliphatic carbocycles. The average Bonchev–Trinajstić information content (AvgIpc) is 2.82. The summed E-state index contributed by atoms with van der Waals surface area (Å²) in [6.45, 7) is 0.724. The molecular formula is C10H11N5S2. The van der Waals surface area contributed by atoms with Crippen molar-refractivity contribution in [3.05, 3.63) is 34.4 Å². The molecule has 88 valence electrons. The zero-order chi connectivity index (χ0) is 12.1. The Morgan fingerprint density at radius 2 is 2.35 bits per heavy atom. The van der Waals surface area contributed by atoms with Crippen molar-refractivity contribution in [2.45, 2.75) is 6.42 Å². The van der Waals surface area contributed by atoms with Crippen LogP contribution in [0.25, 0.3) is 0 Å². The summed E-state index contributed by atoms with van der Waals surface area (Å²) < 4.78 is 0. The number of nitrogens with two attached hydrogens (primary N) is 1. The van der Waals surface area contributed by atoms with E-state index >= 15 is 0 Å². The first-order valence-corrected chi connectivity index (χ1v) is 6.30. The summed E-state index contributed by atoms with van der Waals surface area (Å²) in [5.41, 5.74) is 6.31. The molecule has 0 aromatic carbocycles. The van der Waals surface area contributed by atoms with E-state index in [0.717, 1.165) is 18.0 Å². The third-order valence-electron chi connectivity index (χ3n) is 2.10. The van der Waals surface area contributed by atoms with Gasteiger partial charge in [-0.05, 0) is 6.07 Å². The Labute approximate surface area is 108 Å². The first-order chi connectivity index (χ1) is 8.27. The standard InChI is InChI=1S/C10H11N5S2/c11-9(16)7-1-4-14-15-10(7)13-3-2-8-12-5-6-17-8/h1,4-6H,2-3H2,(H2,11,16)(H,13,15). The van der Waals surface area contributed by atoms with Gasteiger partial charge in [-0.25, -0.2) is 4.98 Å². The van der Waals surface area contributed by atoms with Gasteiger partial charge >= 0.3 is 0 Å². The molecule has 17 heavy (non-hydrogen) atoms. The Morgan fingerprint density at radius 1 is 1.47 bits per heavy atom. The second-order valence-electron chi connectivity index (χ2n) is 3.26. The summed E-state index contributed by atoms with van der Waals surface area (Å²) >= 11 is 6.57. The Balaban J connectivity index is 1.97. The van der Waals surface area contributed by atoms with Crippen LogP contribution in [0.3, 0.4) is 0 Å². The van der Waals surface area contributed by atoms with Gasteiger partial charge in [0, 0.05) is 24.5 Å². The van der Waals surface area contributed by atoms with Crippen molar-refractivity contribution in [3.63, 3.8) is 0 Å². The summed E-state index contributed by atoms with van der Waals surface area (Å²) in [7, 11) is 0. The zero-order valence-electron chi connectivity index (χ0n) is 8.96. The van der Waals surface area contributed by atoms with Crippen LogP contribution in [0, 0.1) is 0 Å². The van der Waals surface area contributed by atoms with Gasteiger partial charge < -0.3 is 11.1 Å². The zero-order valence-corrected chi connectivity index (χ0v) is 10.6. The number of nitrogens with zero attached hydrogens (tertiary/aromatic N) is 3. The molecule has 2 aromatic rings. The second kappa shape index (κ2) is 5.65. The molecule has 3 N–H and O–H groups in total. The average molecular weight is 265 g/mol. The van der Waals surface area contributed by atoms with E-state index in [2.05, 4.69) is 20.5 Å². The van der Waals surface area contributed by atoms with Crippen LogP contribution < -0.4 is 11.1 Å². The quantitative estimate of drug-likeness (QED) is 0.792. The maximum atomic E-state index is 5.59. The Kier molecular flexibility index (Phi) is 3.94. The normalized spacial score (nSPS) is 10.1.